The third-order valence-electron chi connectivity index (χ3n) is 2.50. The molecule has 0 saturated heterocycles. The Morgan fingerprint density at radius 3 is 2.59 bits per heavy atom. The summed E-state index contributed by atoms with van der Waals surface area (Å²) in [7, 11) is 0. The molecule has 0 aliphatic carbocycles. The number of carbonyl (C=O) groups is 2. The molecule has 17 heavy (non-hydrogen) atoms. The molecule has 3 nitrogen and oxygen atoms in total. The monoisotopic (exact) mass is 233 g/mol. The van der Waals surface area contributed by atoms with E-state index in [1.54, 1.807) is 24.3 Å². The van der Waals surface area contributed by atoms with E-state index in [1.807, 2.05) is 0 Å². The van der Waals surface area contributed by atoms with E-state index in [-0.39, 0.29) is 11.7 Å². The molecule has 1 amide bonds. The lowest BCUT2D eigenvalue weighted by atomic mass is 10.1. The van der Waals surface area contributed by atoms with E-state index in [2.05, 4.69) is 19.2 Å². The molecular formula is C14H19NO2. The van der Waals surface area contributed by atoms with Gasteiger partial charge in [0.15, 0.2) is 5.78 Å². The fourth-order valence-corrected chi connectivity index (χ4v) is 1.46. The Morgan fingerprint density at radius 2 is 2.00 bits per heavy atom. The molecule has 0 atom stereocenters. The first-order valence-corrected chi connectivity index (χ1v) is 5.90. The van der Waals surface area contributed by atoms with Crippen molar-refractivity contribution in [2.24, 2.45) is 5.92 Å². The molecule has 0 aliphatic heterocycles. The zero-order chi connectivity index (χ0) is 12.8. The highest BCUT2D eigenvalue weighted by Gasteiger charge is 2.05. The largest absolute Gasteiger partial charge is 0.326 e. The summed E-state index contributed by atoms with van der Waals surface area (Å²) in [4.78, 5) is 22.8. The summed E-state index contributed by atoms with van der Waals surface area (Å²) in [6, 6.07) is 7.01. The normalized spacial score (nSPS) is 10.4. The van der Waals surface area contributed by atoms with Crippen LogP contribution in [0.25, 0.3) is 0 Å². The second-order valence-corrected chi connectivity index (χ2v) is 4.62. The first kappa shape index (κ1) is 13.4. The number of rotatable bonds is 5. The summed E-state index contributed by atoms with van der Waals surface area (Å²) in [5.41, 5.74) is 1.30. The van der Waals surface area contributed by atoms with Crippen molar-refractivity contribution in [2.45, 2.75) is 33.6 Å². The lowest BCUT2D eigenvalue weighted by Crippen LogP contribution is -2.12. The van der Waals surface area contributed by atoms with Gasteiger partial charge < -0.3 is 5.32 Å². The zero-order valence-electron chi connectivity index (χ0n) is 10.6. The molecule has 1 N–H and O–H groups in total. The summed E-state index contributed by atoms with van der Waals surface area (Å²) in [6.07, 6.45) is 1.39. The van der Waals surface area contributed by atoms with Crippen molar-refractivity contribution in [3.05, 3.63) is 29.8 Å². The van der Waals surface area contributed by atoms with Crippen LogP contribution in [0.5, 0.6) is 0 Å². The maximum absolute atomic E-state index is 11.6. The SMILES string of the molecule is CC(=O)c1cccc(NC(=O)CCC(C)C)c1. The van der Waals surface area contributed by atoms with Crippen molar-refractivity contribution in [2.75, 3.05) is 5.32 Å². The maximum Gasteiger partial charge on any atom is 0.224 e. The third kappa shape index (κ3) is 4.81. The van der Waals surface area contributed by atoms with Crippen LogP contribution >= 0.6 is 0 Å². The standard InChI is InChI=1S/C14H19NO2/c1-10(2)7-8-14(17)15-13-6-4-5-12(9-13)11(3)16/h4-6,9-10H,7-8H2,1-3H3,(H,15,17). The molecule has 1 aromatic rings. The second-order valence-electron chi connectivity index (χ2n) is 4.62. The molecule has 0 saturated carbocycles. The van der Waals surface area contributed by atoms with Crippen LogP contribution in [0.4, 0.5) is 5.69 Å². The van der Waals surface area contributed by atoms with Crippen molar-refractivity contribution in [3.63, 3.8) is 0 Å². The quantitative estimate of drug-likeness (QED) is 0.793. The number of hydrogen-bond acceptors (Lipinski definition) is 2. The van der Waals surface area contributed by atoms with Gasteiger partial charge in [0, 0.05) is 17.7 Å². The van der Waals surface area contributed by atoms with Gasteiger partial charge in [-0.15, -0.1) is 0 Å². The van der Waals surface area contributed by atoms with Crippen molar-refractivity contribution in [3.8, 4) is 0 Å². The van der Waals surface area contributed by atoms with E-state index in [1.165, 1.54) is 6.92 Å². The first-order chi connectivity index (χ1) is 7.99. The second kappa shape index (κ2) is 6.18. The molecule has 92 valence electrons. The highest BCUT2D eigenvalue weighted by molar-refractivity contribution is 5.97. The molecule has 0 unspecified atom stereocenters. The third-order valence-corrected chi connectivity index (χ3v) is 2.50. The predicted molar refractivity (Wildman–Crippen MR) is 69.1 cm³/mol. The smallest absolute Gasteiger partial charge is 0.224 e. The van der Waals surface area contributed by atoms with E-state index < -0.39 is 0 Å². The van der Waals surface area contributed by atoms with Gasteiger partial charge in [-0.3, -0.25) is 9.59 Å². The average molecular weight is 233 g/mol. The minimum Gasteiger partial charge on any atom is -0.326 e. The summed E-state index contributed by atoms with van der Waals surface area (Å²) < 4.78 is 0. The average Bonchev–Trinajstić information content (AvgIpc) is 2.26. The van der Waals surface area contributed by atoms with Crippen molar-refractivity contribution in [1.82, 2.24) is 0 Å². The van der Waals surface area contributed by atoms with Crippen molar-refractivity contribution < 1.29 is 9.59 Å². The number of Topliss-reactive ketones (excluding diaryl/α,β-unsaturated/α-hetero) is 1. The highest BCUT2D eigenvalue weighted by atomic mass is 16.1. The molecule has 0 radical (unpaired) electrons. The van der Waals surface area contributed by atoms with Gasteiger partial charge >= 0.3 is 0 Å². The Labute approximate surface area is 102 Å². The fraction of sp³-hybridized carbons (Fsp3) is 0.429. The Morgan fingerprint density at radius 1 is 1.29 bits per heavy atom. The van der Waals surface area contributed by atoms with Crippen molar-refractivity contribution >= 4 is 17.4 Å². The van der Waals surface area contributed by atoms with Gasteiger partial charge in [0.1, 0.15) is 0 Å². The van der Waals surface area contributed by atoms with Gasteiger partial charge in [-0.2, -0.15) is 0 Å². The van der Waals surface area contributed by atoms with E-state index in [9.17, 15) is 9.59 Å². The van der Waals surface area contributed by atoms with E-state index >= 15 is 0 Å². The molecule has 1 rings (SSSR count). The molecule has 0 bridgehead atoms. The molecular weight excluding hydrogens is 214 g/mol. The Kier molecular flexibility index (Phi) is 4.88. The summed E-state index contributed by atoms with van der Waals surface area (Å²) in [6.45, 7) is 5.69. The van der Waals surface area contributed by atoms with Gasteiger partial charge in [-0.25, -0.2) is 0 Å². The Bertz CT molecular complexity index is 410. The zero-order valence-corrected chi connectivity index (χ0v) is 10.6. The predicted octanol–water partition coefficient (Wildman–Crippen LogP) is 3.26. The Hall–Kier alpha value is -1.64. The topological polar surface area (TPSA) is 46.2 Å². The molecule has 0 aromatic heterocycles. The molecule has 0 heterocycles. The minimum absolute atomic E-state index is 0.000554. The van der Waals surface area contributed by atoms with Gasteiger partial charge in [0.25, 0.3) is 0 Å². The highest BCUT2D eigenvalue weighted by Crippen LogP contribution is 2.12. The molecule has 0 aliphatic rings. The fourth-order valence-electron chi connectivity index (χ4n) is 1.46. The summed E-state index contributed by atoms with van der Waals surface area (Å²) in [5.74, 6) is 0.520. The number of amides is 1. The van der Waals surface area contributed by atoms with Gasteiger partial charge in [0.2, 0.25) is 5.91 Å². The molecule has 3 heteroatoms. The van der Waals surface area contributed by atoms with Crippen LogP contribution in [0.2, 0.25) is 0 Å². The van der Waals surface area contributed by atoms with Gasteiger partial charge in [-0.05, 0) is 31.4 Å². The van der Waals surface area contributed by atoms with Gasteiger partial charge in [-0.1, -0.05) is 26.0 Å². The number of nitrogens with one attached hydrogen (secondary N) is 1. The molecule has 1 aromatic carbocycles. The van der Waals surface area contributed by atoms with E-state index in [0.29, 0.717) is 23.6 Å². The number of ketones is 1. The first-order valence-electron chi connectivity index (χ1n) is 5.90. The number of carbonyl (C=O) groups excluding carboxylic acids is 2. The molecule has 0 fully saturated rings. The van der Waals surface area contributed by atoms with Gasteiger partial charge in [0.05, 0.1) is 0 Å². The van der Waals surface area contributed by atoms with Crippen LogP contribution in [0.15, 0.2) is 24.3 Å². The van der Waals surface area contributed by atoms with Crippen LogP contribution in [-0.2, 0) is 4.79 Å². The van der Waals surface area contributed by atoms with Crippen molar-refractivity contribution in [1.29, 1.82) is 0 Å². The summed E-state index contributed by atoms with van der Waals surface area (Å²) in [5, 5.41) is 2.80. The van der Waals surface area contributed by atoms with Crippen LogP contribution < -0.4 is 5.32 Å². The lowest BCUT2D eigenvalue weighted by Gasteiger charge is -2.07. The van der Waals surface area contributed by atoms with E-state index in [0.717, 1.165) is 6.42 Å². The van der Waals surface area contributed by atoms with E-state index in [4.69, 9.17) is 0 Å². The number of benzene rings is 1. The Balaban J connectivity index is 2.59. The maximum atomic E-state index is 11.6. The summed E-state index contributed by atoms with van der Waals surface area (Å²) >= 11 is 0. The van der Waals surface area contributed by atoms with Crippen LogP contribution in [-0.4, -0.2) is 11.7 Å². The van der Waals surface area contributed by atoms with Crippen LogP contribution in [0.1, 0.15) is 44.0 Å². The lowest BCUT2D eigenvalue weighted by molar-refractivity contribution is -0.116. The van der Waals surface area contributed by atoms with Crippen LogP contribution in [0, 0.1) is 5.92 Å². The number of hydrogen-bond donors (Lipinski definition) is 1. The van der Waals surface area contributed by atoms with Crippen LogP contribution in [0.3, 0.4) is 0 Å². The number of anilines is 1. The minimum atomic E-state index is -0.000554. The molecule has 0 spiro atoms.